The zero-order valence-electron chi connectivity index (χ0n) is 10.8. The van der Waals surface area contributed by atoms with E-state index in [4.69, 9.17) is 16.0 Å². The molecule has 0 fully saturated rings. The summed E-state index contributed by atoms with van der Waals surface area (Å²) in [6.45, 7) is 2.69. The molecule has 0 atom stereocenters. The number of nitrogens with one attached hydrogen (secondary N) is 1. The number of rotatable bonds is 4. The Labute approximate surface area is 112 Å². The predicted molar refractivity (Wildman–Crippen MR) is 76.6 cm³/mol. The van der Waals surface area contributed by atoms with Gasteiger partial charge in [0.1, 0.15) is 5.76 Å². The standard InChI is InChI=1S/C14H17ClN2O/c1-10-6-7-18-14(10)9-16-12-8-11(15)4-5-13(12)17(2)3/h4-8,16H,9H2,1-3H3. The lowest BCUT2D eigenvalue weighted by Crippen LogP contribution is -2.12. The molecule has 0 aliphatic carbocycles. The summed E-state index contributed by atoms with van der Waals surface area (Å²) in [5.74, 6) is 0.944. The van der Waals surface area contributed by atoms with Crippen LogP contribution in [0, 0.1) is 6.92 Å². The summed E-state index contributed by atoms with van der Waals surface area (Å²) < 4.78 is 5.41. The molecule has 0 saturated heterocycles. The summed E-state index contributed by atoms with van der Waals surface area (Å²) >= 11 is 6.03. The second-order valence-corrected chi connectivity index (χ2v) is 4.87. The number of hydrogen-bond acceptors (Lipinski definition) is 3. The molecule has 0 aliphatic rings. The van der Waals surface area contributed by atoms with Gasteiger partial charge in [-0.15, -0.1) is 0 Å². The molecule has 96 valence electrons. The van der Waals surface area contributed by atoms with Crippen LogP contribution >= 0.6 is 11.6 Å². The van der Waals surface area contributed by atoms with Crippen molar-refractivity contribution in [3.63, 3.8) is 0 Å². The van der Waals surface area contributed by atoms with Crippen molar-refractivity contribution >= 4 is 23.0 Å². The first-order valence-corrected chi connectivity index (χ1v) is 6.19. The maximum atomic E-state index is 6.03. The highest BCUT2D eigenvalue weighted by molar-refractivity contribution is 6.31. The average molecular weight is 265 g/mol. The number of halogens is 1. The Balaban J connectivity index is 2.18. The Morgan fingerprint density at radius 2 is 2.06 bits per heavy atom. The zero-order chi connectivity index (χ0) is 13.1. The Morgan fingerprint density at radius 3 is 2.67 bits per heavy atom. The summed E-state index contributed by atoms with van der Waals surface area (Å²) in [5.41, 5.74) is 3.25. The van der Waals surface area contributed by atoms with Crippen molar-refractivity contribution in [3.05, 3.63) is 46.9 Å². The average Bonchev–Trinajstić information content (AvgIpc) is 2.72. The van der Waals surface area contributed by atoms with Gasteiger partial charge < -0.3 is 14.6 Å². The maximum Gasteiger partial charge on any atom is 0.125 e. The quantitative estimate of drug-likeness (QED) is 0.907. The molecular formula is C14H17ClN2O. The highest BCUT2D eigenvalue weighted by Crippen LogP contribution is 2.28. The lowest BCUT2D eigenvalue weighted by atomic mass is 10.2. The number of furan rings is 1. The van der Waals surface area contributed by atoms with Gasteiger partial charge in [-0.05, 0) is 36.8 Å². The molecule has 1 heterocycles. The molecule has 3 nitrogen and oxygen atoms in total. The number of nitrogens with zero attached hydrogens (tertiary/aromatic N) is 1. The van der Waals surface area contributed by atoms with E-state index in [1.165, 1.54) is 0 Å². The first-order chi connectivity index (χ1) is 8.58. The van der Waals surface area contributed by atoms with E-state index in [0.717, 1.165) is 27.7 Å². The Kier molecular flexibility index (Phi) is 3.82. The van der Waals surface area contributed by atoms with Crippen molar-refractivity contribution < 1.29 is 4.42 Å². The molecule has 2 aromatic rings. The fourth-order valence-corrected chi connectivity index (χ4v) is 1.97. The number of benzene rings is 1. The van der Waals surface area contributed by atoms with Crippen molar-refractivity contribution in [1.82, 2.24) is 0 Å². The van der Waals surface area contributed by atoms with Crippen LogP contribution in [0.5, 0.6) is 0 Å². The second kappa shape index (κ2) is 5.36. The predicted octanol–water partition coefficient (Wildman–Crippen LogP) is 3.92. The fourth-order valence-electron chi connectivity index (χ4n) is 1.80. The van der Waals surface area contributed by atoms with E-state index in [-0.39, 0.29) is 0 Å². The van der Waals surface area contributed by atoms with Crippen LogP contribution in [0.1, 0.15) is 11.3 Å². The highest BCUT2D eigenvalue weighted by atomic mass is 35.5. The summed E-state index contributed by atoms with van der Waals surface area (Å²) in [6, 6.07) is 7.77. The summed E-state index contributed by atoms with van der Waals surface area (Å²) in [7, 11) is 4.01. The lowest BCUT2D eigenvalue weighted by molar-refractivity contribution is 0.515. The number of hydrogen-bond donors (Lipinski definition) is 1. The highest BCUT2D eigenvalue weighted by Gasteiger charge is 2.07. The van der Waals surface area contributed by atoms with Gasteiger partial charge in [0.2, 0.25) is 0 Å². The second-order valence-electron chi connectivity index (χ2n) is 4.44. The minimum Gasteiger partial charge on any atom is -0.467 e. The zero-order valence-corrected chi connectivity index (χ0v) is 11.6. The molecule has 0 radical (unpaired) electrons. The van der Waals surface area contributed by atoms with Gasteiger partial charge in [-0.1, -0.05) is 11.6 Å². The van der Waals surface area contributed by atoms with Gasteiger partial charge in [0.25, 0.3) is 0 Å². The molecule has 0 unspecified atom stereocenters. The van der Waals surface area contributed by atoms with Gasteiger partial charge in [-0.3, -0.25) is 0 Å². The van der Waals surface area contributed by atoms with E-state index in [1.807, 2.05) is 50.2 Å². The Bertz CT molecular complexity index is 534. The summed E-state index contributed by atoms with van der Waals surface area (Å²) in [4.78, 5) is 2.05. The smallest absolute Gasteiger partial charge is 0.125 e. The minimum absolute atomic E-state index is 0.653. The molecule has 1 N–H and O–H groups in total. The molecule has 0 bridgehead atoms. The van der Waals surface area contributed by atoms with Crippen LogP contribution in [0.15, 0.2) is 34.9 Å². The number of anilines is 2. The third-order valence-corrected chi connectivity index (χ3v) is 3.08. The van der Waals surface area contributed by atoms with Crippen LogP contribution in [-0.4, -0.2) is 14.1 Å². The van der Waals surface area contributed by atoms with Gasteiger partial charge >= 0.3 is 0 Å². The van der Waals surface area contributed by atoms with E-state index < -0.39 is 0 Å². The molecular weight excluding hydrogens is 248 g/mol. The van der Waals surface area contributed by atoms with E-state index in [2.05, 4.69) is 5.32 Å². The van der Waals surface area contributed by atoms with E-state index in [1.54, 1.807) is 6.26 Å². The van der Waals surface area contributed by atoms with Crippen molar-refractivity contribution in [2.75, 3.05) is 24.3 Å². The first kappa shape index (κ1) is 12.8. The normalized spacial score (nSPS) is 10.4. The van der Waals surface area contributed by atoms with Crippen molar-refractivity contribution in [3.8, 4) is 0 Å². The molecule has 2 rings (SSSR count). The van der Waals surface area contributed by atoms with Crippen molar-refractivity contribution in [2.45, 2.75) is 13.5 Å². The molecule has 0 saturated carbocycles. The SMILES string of the molecule is Cc1ccoc1CNc1cc(Cl)ccc1N(C)C. The van der Waals surface area contributed by atoms with Crippen LogP contribution in [0.3, 0.4) is 0 Å². The van der Waals surface area contributed by atoms with Crippen LogP contribution in [0.2, 0.25) is 5.02 Å². The third kappa shape index (κ3) is 2.79. The van der Waals surface area contributed by atoms with Gasteiger partial charge in [0, 0.05) is 19.1 Å². The summed E-state index contributed by atoms with van der Waals surface area (Å²) in [5, 5.41) is 4.08. The Morgan fingerprint density at radius 1 is 1.28 bits per heavy atom. The number of aryl methyl sites for hydroxylation is 1. The van der Waals surface area contributed by atoms with Crippen LogP contribution in [-0.2, 0) is 6.54 Å². The fraction of sp³-hybridized carbons (Fsp3) is 0.286. The molecule has 1 aromatic heterocycles. The molecule has 1 aromatic carbocycles. The third-order valence-electron chi connectivity index (χ3n) is 2.85. The molecule has 0 spiro atoms. The molecule has 4 heteroatoms. The topological polar surface area (TPSA) is 28.4 Å². The van der Waals surface area contributed by atoms with Gasteiger partial charge in [-0.2, -0.15) is 0 Å². The van der Waals surface area contributed by atoms with E-state index in [9.17, 15) is 0 Å². The summed E-state index contributed by atoms with van der Waals surface area (Å²) in [6.07, 6.45) is 1.71. The van der Waals surface area contributed by atoms with Crippen LogP contribution < -0.4 is 10.2 Å². The van der Waals surface area contributed by atoms with E-state index >= 15 is 0 Å². The molecule has 18 heavy (non-hydrogen) atoms. The van der Waals surface area contributed by atoms with Gasteiger partial charge in [-0.25, -0.2) is 0 Å². The molecule has 0 amide bonds. The molecule has 0 aliphatic heterocycles. The largest absolute Gasteiger partial charge is 0.467 e. The van der Waals surface area contributed by atoms with Crippen LogP contribution in [0.4, 0.5) is 11.4 Å². The van der Waals surface area contributed by atoms with E-state index in [0.29, 0.717) is 6.54 Å². The minimum atomic E-state index is 0.653. The maximum absolute atomic E-state index is 6.03. The van der Waals surface area contributed by atoms with Gasteiger partial charge in [0.15, 0.2) is 0 Å². The monoisotopic (exact) mass is 264 g/mol. The van der Waals surface area contributed by atoms with Crippen molar-refractivity contribution in [2.24, 2.45) is 0 Å². The first-order valence-electron chi connectivity index (χ1n) is 5.81. The van der Waals surface area contributed by atoms with Crippen molar-refractivity contribution in [1.29, 1.82) is 0 Å². The van der Waals surface area contributed by atoms with Gasteiger partial charge in [0.05, 0.1) is 24.2 Å². The Hall–Kier alpha value is -1.61. The lowest BCUT2D eigenvalue weighted by Gasteiger charge is -2.18. The van der Waals surface area contributed by atoms with Crippen LogP contribution in [0.25, 0.3) is 0 Å².